The van der Waals surface area contributed by atoms with Crippen molar-refractivity contribution in [1.82, 2.24) is 5.32 Å². The first-order valence-electron chi connectivity index (χ1n) is 8.08. The van der Waals surface area contributed by atoms with Crippen molar-refractivity contribution in [3.05, 3.63) is 64.7 Å². The molecule has 2 aromatic carbocycles. The van der Waals surface area contributed by atoms with Gasteiger partial charge in [0.15, 0.2) is 5.11 Å². The lowest BCUT2D eigenvalue weighted by Gasteiger charge is -2.14. The third-order valence-electron chi connectivity index (χ3n) is 3.81. The Morgan fingerprint density at radius 3 is 2.62 bits per heavy atom. The van der Waals surface area contributed by atoms with Gasteiger partial charge in [-0.1, -0.05) is 25.5 Å². The molecule has 0 atom stereocenters. The average Bonchev–Trinajstić information content (AvgIpc) is 2.56. The number of aryl methyl sites for hydroxylation is 2. The van der Waals surface area contributed by atoms with Crippen LogP contribution >= 0.6 is 12.2 Å². The van der Waals surface area contributed by atoms with Gasteiger partial charge < -0.3 is 10.6 Å². The maximum Gasteiger partial charge on any atom is 0.171 e. The number of hydrogen-bond donors (Lipinski definition) is 2. The zero-order chi connectivity index (χ0) is 17.5. The van der Waals surface area contributed by atoms with Crippen molar-refractivity contribution in [3.8, 4) is 0 Å². The zero-order valence-corrected chi connectivity index (χ0v) is 14.8. The number of rotatable bonds is 6. The molecule has 0 bridgehead atoms. The van der Waals surface area contributed by atoms with Gasteiger partial charge in [-0.25, -0.2) is 8.78 Å². The second kappa shape index (κ2) is 8.73. The van der Waals surface area contributed by atoms with Crippen LogP contribution in [0.5, 0.6) is 0 Å². The maximum absolute atomic E-state index is 13.6. The number of benzene rings is 2. The van der Waals surface area contributed by atoms with Crippen LogP contribution in [0.3, 0.4) is 0 Å². The fourth-order valence-electron chi connectivity index (χ4n) is 2.42. The summed E-state index contributed by atoms with van der Waals surface area (Å²) in [6.45, 7) is 4.32. The van der Waals surface area contributed by atoms with Crippen molar-refractivity contribution in [3.63, 3.8) is 0 Å². The summed E-state index contributed by atoms with van der Waals surface area (Å²) in [5.41, 5.74) is 3.56. The van der Waals surface area contributed by atoms with Gasteiger partial charge in [-0.15, -0.1) is 0 Å². The van der Waals surface area contributed by atoms with Crippen LogP contribution in [0.4, 0.5) is 14.5 Å². The van der Waals surface area contributed by atoms with Crippen molar-refractivity contribution < 1.29 is 8.78 Å². The molecule has 0 radical (unpaired) electrons. The van der Waals surface area contributed by atoms with Gasteiger partial charge in [0.25, 0.3) is 0 Å². The summed E-state index contributed by atoms with van der Waals surface area (Å²) < 4.78 is 26.7. The molecule has 2 nitrogen and oxygen atoms in total. The molecular formula is C19H22F2N2S. The summed E-state index contributed by atoms with van der Waals surface area (Å²) in [4.78, 5) is 0. The van der Waals surface area contributed by atoms with Crippen molar-refractivity contribution in [2.45, 2.75) is 39.7 Å². The lowest BCUT2D eigenvalue weighted by atomic mass is 10.0. The van der Waals surface area contributed by atoms with E-state index in [2.05, 4.69) is 29.7 Å². The molecule has 0 aromatic heterocycles. The molecule has 2 N–H and O–H groups in total. The summed E-state index contributed by atoms with van der Waals surface area (Å²) in [7, 11) is 0. The van der Waals surface area contributed by atoms with E-state index in [0.717, 1.165) is 29.8 Å². The van der Waals surface area contributed by atoms with Crippen LogP contribution in [0, 0.1) is 18.6 Å². The van der Waals surface area contributed by atoms with Crippen LogP contribution in [0.1, 0.15) is 36.5 Å². The molecule has 0 aliphatic carbocycles. The first kappa shape index (κ1) is 18.3. The highest BCUT2D eigenvalue weighted by atomic mass is 32.1. The largest absolute Gasteiger partial charge is 0.358 e. The second-order valence-corrected chi connectivity index (χ2v) is 6.20. The van der Waals surface area contributed by atoms with Crippen LogP contribution in [0.25, 0.3) is 0 Å². The highest BCUT2D eigenvalue weighted by Crippen LogP contribution is 2.18. The third-order valence-corrected chi connectivity index (χ3v) is 4.05. The summed E-state index contributed by atoms with van der Waals surface area (Å²) in [5.74, 6) is -0.922. The molecule has 0 aliphatic rings. The van der Waals surface area contributed by atoms with Gasteiger partial charge in [-0.05, 0) is 67.4 Å². The number of halogens is 2. The molecule has 0 amide bonds. The van der Waals surface area contributed by atoms with E-state index in [-0.39, 0.29) is 12.1 Å². The minimum atomic E-state index is -0.467. The predicted molar refractivity (Wildman–Crippen MR) is 99.2 cm³/mol. The molecule has 128 valence electrons. The molecule has 0 heterocycles. The van der Waals surface area contributed by atoms with E-state index in [4.69, 9.17) is 12.2 Å². The summed E-state index contributed by atoms with van der Waals surface area (Å²) in [6.07, 6.45) is 3.41. The number of unbranched alkanes of at least 4 members (excludes halogenated alkanes) is 1. The number of nitrogens with one attached hydrogen (secondary N) is 2. The van der Waals surface area contributed by atoms with Crippen LogP contribution in [0.2, 0.25) is 0 Å². The molecule has 0 aliphatic heterocycles. The molecule has 24 heavy (non-hydrogen) atoms. The van der Waals surface area contributed by atoms with Gasteiger partial charge >= 0.3 is 0 Å². The molecular weight excluding hydrogens is 326 g/mol. The Morgan fingerprint density at radius 2 is 1.92 bits per heavy atom. The summed E-state index contributed by atoms with van der Waals surface area (Å²) in [5, 5.41) is 6.39. The fourth-order valence-corrected chi connectivity index (χ4v) is 2.61. The highest BCUT2D eigenvalue weighted by Gasteiger charge is 2.06. The molecule has 0 saturated heterocycles. The van der Waals surface area contributed by atoms with Gasteiger partial charge in [0.05, 0.1) is 0 Å². The van der Waals surface area contributed by atoms with Crippen molar-refractivity contribution in [2.75, 3.05) is 5.32 Å². The number of thiocarbonyl (C=S) groups is 1. The van der Waals surface area contributed by atoms with Gasteiger partial charge in [-0.2, -0.15) is 0 Å². The predicted octanol–water partition coefficient (Wildman–Crippen LogP) is 5.10. The zero-order valence-electron chi connectivity index (χ0n) is 14.0. The first-order valence-corrected chi connectivity index (χ1v) is 8.48. The van der Waals surface area contributed by atoms with E-state index in [9.17, 15) is 8.78 Å². The third kappa shape index (κ3) is 5.27. The Hall–Kier alpha value is -2.01. The Bertz CT molecular complexity index is 717. The summed E-state index contributed by atoms with van der Waals surface area (Å²) in [6, 6.07) is 9.60. The number of hydrogen-bond acceptors (Lipinski definition) is 1. The monoisotopic (exact) mass is 348 g/mol. The van der Waals surface area contributed by atoms with Crippen LogP contribution in [0.15, 0.2) is 36.4 Å². The van der Waals surface area contributed by atoms with E-state index in [1.165, 1.54) is 24.5 Å². The van der Waals surface area contributed by atoms with Crippen molar-refractivity contribution in [2.24, 2.45) is 0 Å². The Morgan fingerprint density at radius 1 is 1.12 bits per heavy atom. The SMILES string of the molecule is CCCCc1ccc(NC(=S)NCc2cc(F)ccc2F)c(C)c1. The van der Waals surface area contributed by atoms with Gasteiger partial charge in [-0.3, -0.25) is 0 Å². The lowest BCUT2D eigenvalue weighted by Crippen LogP contribution is -2.28. The second-order valence-electron chi connectivity index (χ2n) is 5.80. The first-order chi connectivity index (χ1) is 11.5. The smallest absolute Gasteiger partial charge is 0.171 e. The Labute approximate surface area is 147 Å². The maximum atomic E-state index is 13.6. The molecule has 0 unspecified atom stereocenters. The number of anilines is 1. The quantitative estimate of drug-likeness (QED) is 0.710. The average molecular weight is 348 g/mol. The minimum Gasteiger partial charge on any atom is -0.358 e. The molecule has 2 rings (SSSR count). The van der Waals surface area contributed by atoms with E-state index in [1.807, 2.05) is 13.0 Å². The van der Waals surface area contributed by atoms with Crippen molar-refractivity contribution in [1.29, 1.82) is 0 Å². The topological polar surface area (TPSA) is 24.1 Å². The van der Waals surface area contributed by atoms with Crippen LogP contribution in [-0.2, 0) is 13.0 Å². The van der Waals surface area contributed by atoms with E-state index >= 15 is 0 Å². The van der Waals surface area contributed by atoms with Crippen molar-refractivity contribution >= 4 is 23.0 Å². The lowest BCUT2D eigenvalue weighted by molar-refractivity contribution is 0.582. The molecule has 0 fully saturated rings. The fraction of sp³-hybridized carbons (Fsp3) is 0.316. The Kier molecular flexibility index (Phi) is 6.67. The van der Waals surface area contributed by atoms with Gasteiger partial charge in [0.1, 0.15) is 11.6 Å². The minimum absolute atomic E-state index is 0.128. The van der Waals surface area contributed by atoms with E-state index < -0.39 is 11.6 Å². The molecule has 0 spiro atoms. The van der Waals surface area contributed by atoms with E-state index in [1.54, 1.807) is 0 Å². The van der Waals surface area contributed by atoms with Crippen LogP contribution in [-0.4, -0.2) is 5.11 Å². The van der Waals surface area contributed by atoms with Crippen LogP contribution < -0.4 is 10.6 Å². The molecule has 0 saturated carbocycles. The molecule has 2 aromatic rings. The Balaban J connectivity index is 1.93. The summed E-state index contributed by atoms with van der Waals surface area (Å²) >= 11 is 5.24. The standard InChI is InChI=1S/C19H22F2N2S/c1-3-4-5-14-6-9-18(13(2)10-14)23-19(24)22-12-15-11-16(20)7-8-17(15)21/h6-11H,3-5,12H2,1-2H3,(H2,22,23,24). The molecule has 5 heteroatoms. The highest BCUT2D eigenvalue weighted by molar-refractivity contribution is 7.80. The van der Waals surface area contributed by atoms with Gasteiger partial charge in [0.2, 0.25) is 0 Å². The van der Waals surface area contributed by atoms with E-state index in [0.29, 0.717) is 5.11 Å². The van der Waals surface area contributed by atoms with Gasteiger partial charge in [0, 0.05) is 17.8 Å². The normalized spacial score (nSPS) is 10.5.